The summed E-state index contributed by atoms with van der Waals surface area (Å²) in [5.41, 5.74) is 1.82. The zero-order valence-corrected chi connectivity index (χ0v) is 14.1. The summed E-state index contributed by atoms with van der Waals surface area (Å²) in [5.74, 6) is 0.596. The van der Waals surface area contributed by atoms with Crippen molar-refractivity contribution in [3.8, 4) is 6.07 Å². The van der Waals surface area contributed by atoms with Crippen molar-refractivity contribution in [2.75, 3.05) is 6.54 Å². The predicted octanol–water partition coefficient (Wildman–Crippen LogP) is 3.00. The van der Waals surface area contributed by atoms with Gasteiger partial charge in [-0.2, -0.15) is 5.26 Å². The fourth-order valence-corrected chi connectivity index (χ4v) is 3.52. The Balaban J connectivity index is 1.66. The number of likely N-dealkylation sites (tertiary alicyclic amines) is 1. The monoisotopic (exact) mass is 338 g/mol. The van der Waals surface area contributed by atoms with Gasteiger partial charge in [0.25, 0.3) is 0 Å². The fraction of sp³-hybridized carbons (Fsp3) is 0.400. The maximum atomic E-state index is 12.8. The normalized spacial score (nSPS) is 18.1. The molecule has 1 fully saturated rings. The number of hydrogen-bond donors (Lipinski definition) is 1. The molecule has 5 heteroatoms. The highest BCUT2D eigenvalue weighted by molar-refractivity contribution is 5.79. The first kappa shape index (κ1) is 17.2. The molecule has 130 valence electrons. The number of hydrogen-bond acceptors (Lipinski definition) is 4. The van der Waals surface area contributed by atoms with Crippen molar-refractivity contribution in [2.24, 2.45) is 0 Å². The molecule has 1 aromatic heterocycles. The predicted molar refractivity (Wildman–Crippen MR) is 92.5 cm³/mol. The summed E-state index contributed by atoms with van der Waals surface area (Å²) in [5, 5.41) is 19.2. The molecule has 1 N–H and O–H groups in total. The van der Waals surface area contributed by atoms with Crippen LogP contribution >= 0.6 is 0 Å². The number of benzene rings is 1. The minimum Gasteiger partial charge on any atom is -0.467 e. The Labute approximate surface area is 147 Å². The van der Waals surface area contributed by atoms with Crippen molar-refractivity contribution >= 4 is 5.91 Å². The molecule has 2 unspecified atom stereocenters. The zero-order chi connectivity index (χ0) is 17.6. The van der Waals surface area contributed by atoms with Crippen LogP contribution in [-0.2, 0) is 17.6 Å². The van der Waals surface area contributed by atoms with Gasteiger partial charge in [-0.3, -0.25) is 4.79 Å². The van der Waals surface area contributed by atoms with Gasteiger partial charge in [-0.25, -0.2) is 0 Å². The third-order valence-corrected chi connectivity index (χ3v) is 4.79. The summed E-state index contributed by atoms with van der Waals surface area (Å²) in [4.78, 5) is 14.7. The second-order valence-electron chi connectivity index (χ2n) is 6.43. The van der Waals surface area contributed by atoms with Crippen molar-refractivity contribution in [3.05, 3.63) is 59.5 Å². The van der Waals surface area contributed by atoms with Crippen molar-refractivity contribution in [2.45, 2.75) is 44.2 Å². The number of aliphatic hydroxyl groups excluding tert-OH is 1. The van der Waals surface area contributed by atoms with Crippen LogP contribution in [0.25, 0.3) is 0 Å². The molecule has 1 aliphatic rings. The van der Waals surface area contributed by atoms with Gasteiger partial charge in [0, 0.05) is 19.0 Å². The van der Waals surface area contributed by atoms with Gasteiger partial charge < -0.3 is 14.4 Å². The van der Waals surface area contributed by atoms with E-state index in [2.05, 4.69) is 6.07 Å². The summed E-state index contributed by atoms with van der Waals surface area (Å²) in [6.07, 6.45) is 3.78. The van der Waals surface area contributed by atoms with Crippen molar-refractivity contribution < 1.29 is 14.3 Å². The van der Waals surface area contributed by atoms with E-state index in [0.717, 1.165) is 30.5 Å². The van der Waals surface area contributed by atoms with E-state index in [9.17, 15) is 9.90 Å². The Bertz CT molecular complexity index is 749. The first-order valence-corrected chi connectivity index (χ1v) is 8.63. The van der Waals surface area contributed by atoms with Gasteiger partial charge in [-0.1, -0.05) is 24.3 Å². The van der Waals surface area contributed by atoms with E-state index in [1.807, 2.05) is 29.2 Å². The van der Waals surface area contributed by atoms with Crippen LogP contribution < -0.4 is 0 Å². The minimum atomic E-state index is -0.695. The molecule has 0 bridgehead atoms. The maximum Gasteiger partial charge on any atom is 0.227 e. The van der Waals surface area contributed by atoms with E-state index in [1.165, 1.54) is 0 Å². The molecule has 1 saturated heterocycles. The third-order valence-electron chi connectivity index (χ3n) is 4.79. The molecule has 25 heavy (non-hydrogen) atoms. The van der Waals surface area contributed by atoms with Gasteiger partial charge in [-0.15, -0.1) is 0 Å². The number of rotatable bonds is 6. The Hall–Kier alpha value is -2.58. The number of amides is 1. The number of aliphatic hydroxyl groups is 1. The van der Waals surface area contributed by atoms with Gasteiger partial charge in [-0.05, 0) is 36.1 Å². The first-order valence-electron chi connectivity index (χ1n) is 8.63. The van der Waals surface area contributed by atoms with E-state index in [-0.39, 0.29) is 11.9 Å². The largest absolute Gasteiger partial charge is 0.467 e. The second-order valence-corrected chi connectivity index (χ2v) is 6.43. The molecule has 1 aliphatic heterocycles. The molecule has 3 rings (SSSR count). The lowest BCUT2D eigenvalue weighted by molar-refractivity contribution is -0.131. The van der Waals surface area contributed by atoms with E-state index >= 15 is 0 Å². The summed E-state index contributed by atoms with van der Waals surface area (Å²) in [7, 11) is 0. The number of nitrogens with zero attached hydrogens (tertiary/aromatic N) is 2. The van der Waals surface area contributed by atoms with Crippen LogP contribution in [0.15, 0.2) is 47.1 Å². The van der Waals surface area contributed by atoms with Crippen LogP contribution in [0.4, 0.5) is 0 Å². The minimum absolute atomic E-state index is 0.0238. The van der Waals surface area contributed by atoms with Crippen LogP contribution in [0, 0.1) is 11.3 Å². The van der Waals surface area contributed by atoms with Crippen molar-refractivity contribution in [1.82, 2.24) is 4.90 Å². The molecular formula is C20H22N2O3. The standard InChI is InChI=1S/C20H22N2O3/c21-10-9-15-5-1-2-6-16(15)13-20(24)22-11-3-7-17(22)14-18(23)19-8-4-12-25-19/h1-2,4-6,8,12,17-18,23H,3,7,9,11,13-14H2. The van der Waals surface area contributed by atoms with E-state index in [0.29, 0.717) is 25.0 Å². The van der Waals surface area contributed by atoms with Gasteiger partial charge >= 0.3 is 0 Å². The second kappa shape index (κ2) is 8.00. The molecule has 5 nitrogen and oxygen atoms in total. The fourth-order valence-electron chi connectivity index (χ4n) is 3.52. The summed E-state index contributed by atoms with van der Waals surface area (Å²) in [6, 6.07) is 13.3. The van der Waals surface area contributed by atoms with E-state index < -0.39 is 6.10 Å². The SMILES string of the molecule is N#CCc1ccccc1CC(=O)N1CCCC1CC(O)c1ccco1. The molecule has 1 amide bonds. The van der Waals surface area contributed by atoms with Crippen LogP contribution in [0.1, 0.15) is 42.3 Å². The number of carbonyl (C=O) groups is 1. The molecule has 2 heterocycles. The Morgan fingerprint density at radius 1 is 1.32 bits per heavy atom. The van der Waals surface area contributed by atoms with Gasteiger partial charge in [0.1, 0.15) is 11.9 Å². The molecule has 0 radical (unpaired) electrons. The lowest BCUT2D eigenvalue weighted by atomic mass is 10.0. The van der Waals surface area contributed by atoms with Crippen LogP contribution in [-0.4, -0.2) is 28.5 Å². The zero-order valence-electron chi connectivity index (χ0n) is 14.1. The van der Waals surface area contributed by atoms with E-state index in [1.54, 1.807) is 18.4 Å². The molecule has 0 saturated carbocycles. The third kappa shape index (κ3) is 4.09. The first-order chi connectivity index (χ1) is 12.2. The Morgan fingerprint density at radius 3 is 2.84 bits per heavy atom. The lowest BCUT2D eigenvalue weighted by Gasteiger charge is -2.26. The quantitative estimate of drug-likeness (QED) is 0.878. The topological polar surface area (TPSA) is 77.5 Å². The number of furan rings is 1. The number of carbonyl (C=O) groups excluding carboxylic acids is 1. The van der Waals surface area contributed by atoms with Gasteiger partial charge in [0.2, 0.25) is 5.91 Å². The van der Waals surface area contributed by atoms with Gasteiger partial charge in [0.05, 0.1) is 25.2 Å². The highest BCUT2D eigenvalue weighted by atomic mass is 16.4. The lowest BCUT2D eigenvalue weighted by Crippen LogP contribution is -2.37. The summed E-state index contributed by atoms with van der Waals surface area (Å²) >= 11 is 0. The average Bonchev–Trinajstić information content (AvgIpc) is 3.28. The smallest absolute Gasteiger partial charge is 0.227 e. The Morgan fingerprint density at radius 2 is 2.12 bits per heavy atom. The van der Waals surface area contributed by atoms with Crippen LogP contribution in [0.3, 0.4) is 0 Å². The average molecular weight is 338 g/mol. The summed E-state index contributed by atoms with van der Waals surface area (Å²) < 4.78 is 5.26. The molecule has 0 spiro atoms. The highest BCUT2D eigenvalue weighted by Crippen LogP contribution is 2.28. The Kier molecular flexibility index (Phi) is 5.52. The molecule has 1 aromatic carbocycles. The molecular weight excluding hydrogens is 316 g/mol. The van der Waals surface area contributed by atoms with E-state index in [4.69, 9.17) is 9.68 Å². The van der Waals surface area contributed by atoms with Crippen LogP contribution in [0.2, 0.25) is 0 Å². The molecule has 2 atom stereocenters. The summed E-state index contributed by atoms with van der Waals surface area (Å²) in [6.45, 7) is 0.717. The van der Waals surface area contributed by atoms with Crippen molar-refractivity contribution in [1.29, 1.82) is 5.26 Å². The van der Waals surface area contributed by atoms with Crippen molar-refractivity contribution in [3.63, 3.8) is 0 Å². The number of nitriles is 1. The highest BCUT2D eigenvalue weighted by Gasteiger charge is 2.31. The maximum absolute atomic E-state index is 12.8. The molecule has 0 aliphatic carbocycles. The molecule has 2 aromatic rings. The van der Waals surface area contributed by atoms with Gasteiger partial charge in [0.15, 0.2) is 0 Å². The van der Waals surface area contributed by atoms with Crippen LogP contribution in [0.5, 0.6) is 0 Å².